The first-order valence-electron chi connectivity index (χ1n) is 2.75. The zero-order valence-electron chi connectivity index (χ0n) is 5.92. The topological polar surface area (TPSA) is 66.8 Å². The highest BCUT2D eigenvalue weighted by molar-refractivity contribution is 5.86. The molecule has 0 radical (unpaired) electrons. The molecule has 0 fully saturated rings. The van der Waals surface area contributed by atoms with E-state index in [2.05, 4.69) is 4.89 Å². The Hall–Kier alpha value is -0.870. The molecule has 4 heteroatoms. The predicted octanol–water partition coefficient (Wildman–Crippen LogP) is 0.897. The van der Waals surface area contributed by atoms with Crippen LogP contribution in [0.1, 0.15) is 13.8 Å². The Labute approximate surface area is 58.7 Å². The Morgan fingerprint density at radius 1 is 1.50 bits per heavy atom. The molecule has 0 aromatic carbocycles. The van der Waals surface area contributed by atoms with E-state index in [-0.39, 0.29) is 12.2 Å². The molecular formula is C6H10O4. The third kappa shape index (κ3) is 2.61. The molecule has 0 heterocycles. The standard InChI is InChI=1S/C6H10O4/c1-4(3-10-9)5(2)6(7)8/h9H,3H2,1-2H3,(H,7,8)/b5-4-. The van der Waals surface area contributed by atoms with Crippen molar-refractivity contribution in [1.29, 1.82) is 0 Å². The second kappa shape index (κ2) is 4.03. The van der Waals surface area contributed by atoms with Gasteiger partial charge in [-0.05, 0) is 19.4 Å². The van der Waals surface area contributed by atoms with E-state index in [1.165, 1.54) is 6.92 Å². The molecule has 0 unspecified atom stereocenters. The average molecular weight is 146 g/mol. The molecule has 58 valence electrons. The molecule has 0 spiro atoms. The van der Waals surface area contributed by atoms with Gasteiger partial charge in [-0.3, -0.25) is 5.26 Å². The van der Waals surface area contributed by atoms with Gasteiger partial charge in [0.25, 0.3) is 0 Å². The summed E-state index contributed by atoms with van der Waals surface area (Å²) in [6.45, 7) is 2.98. The molecule has 0 aromatic heterocycles. The largest absolute Gasteiger partial charge is 0.478 e. The number of carbonyl (C=O) groups is 1. The van der Waals surface area contributed by atoms with E-state index < -0.39 is 5.97 Å². The van der Waals surface area contributed by atoms with Crippen LogP contribution >= 0.6 is 0 Å². The fraction of sp³-hybridized carbons (Fsp3) is 0.500. The van der Waals surface area contributed by atoms with Gasteiger partial charge in [0.15, 0.2) is 0 Å². The van der Waals surface area contributed by atoms with Gasteiger partial charge in [0.2, 0.25) is 0 Å². The van der Waals surface area contributed by atoms with Crippen LogP contribution in [0.2, 0.25) is 0 Å². The number of hydrogen-bond acceptors (Lipinski definition) is 3. The fourth-order valence-corrected chi connectivity index (χ4v) is 0.388. The van der Waals surface area contributed by atoms with Crippen molar-refractivity contribution in [3.63, 3.8) is 0 Å². The summed E-state index contributed by atoms with van der Waals surface area (Å²) < 4.78 is 0. The van der Waals surface area contributed by atoms with E-state index in [1.807, 2.05) is 0 Å². The van der Waals surface area contributed by atoms with Crippen LogP contribution in [0.3, 0.4) is 0 Å². The van der Waals surface area contributed by atoms with Crippen molar-refractivity contribution in [3.8, 4) is 0 Å². The summed E-state index contributed by atoms with van der Waals surface area (Å²) in [5.74, 6) is -0.991. The smallest absolute Gasteiger partial charge is 0.331 e. The van der Waals surface area contributed by atoms with Gasteiger partial charge in [-0.25, -0.2) is 9.68 Å². The lowest BCUT2D eigenvalue weighted by molar-refractivity contribution is -0.234. The summed E-state index contributed by atoms with van der Waals surface area (Å²) in [6.07, 6.45) is 0. The molecule has 0 aliphatic carbocycles. The minimum atomic E-state index is -0.991. The van der Waals surface area contributed by atoms with E-state index in [1.54, 1.807) is 6.92 Å². The summed E-state index contributed by atoms with van der Waals surface area (Å²) in [6, 6.07) is 0. The van der Waals surface area contributed by atoms with Crippen LogP contribution in [0.5, 0.6) is 0 Å². The zero-order valence-corrected chi connectivity index (χ0v) is 5.92. The van der Waals surface area contributed by atoms with Gasteiger partial charge in [0, 0.05) is 5.57 Å². The Morgan fingerprint density at radius 3 is 2.30 bits per heavy atom. The molecule has 10 heavy (non-hydrogen) atoms. The van der Waals surface area contributed by atoms with Crippen LogP contribution in [0, 0.1) is 0 Å². The molecule has 0 saturated carbocycles. The first-order valence-corrected chi connectivity index (χ1v) is 2.75. The van der Waals surface area contributed by atoms with Crippen molar-refractivity contribution in [3.05, 3.63) is 11.1 Å². The monoisotopic (exact) mass is 146 g/mol. The van der Waals surface area contributed by atoms with Crippen molar-refractivity contribution >= 4 is 5.97 Å². The molecule has 0 aliphatic heterocycles. The highest BCUT2D eigenvalue weighted by Gasteiger charge is 2.03. The lowest BCUT2D eigenvalue weighted by Gasteiger charge is -1.99. The van der Waals surface area contributed by atoms with Crippen molar-refractivity contribution in [2.75, 3.05) is 6.61 Å². The van der Waals surface area contributed by atoms with Gasteiger partial charge in [0.05, 0.1) is 0 Å². The molecule has 4 nitrogen and oxygen atoms in total. The van der Waals surface area contributed by atoms with E-state index in [9.17, 15) is 4.79 Å². The third-order valence-corrected chi connectivity index (χ3v) is 1.24. The van der Waals surface area contributed by atoms with Gasteiger partial charge >= 0.3 is 5.97 Å². The second-order valence-corrected chi connectivity index (χ2v) is 1.98. The normalized spacial score (nSPS) is 12.7. The molecule has 0 bridgehead atoms. The van der Waals surface area contributed by atoms with Crippen LogP contribution in [0.15, 0.2) is 11.1 Å². The second-order valence-electron chi connectivity index (χ2n) is 1.98. The zero-order chi connectivity index (χ0) is 8.15. The van der Waals surface area contributed by atoms with Crippen molar-refractivity contribution in [2.24, 2.45) is 0 Å². The average Bonchev–Trinajstić information content (AvgIpc) is 1.87. The van der Waals surface area contributed by atoms with Crippen LogP contribution in [0.25, 0.3) is 0 Å². The summed E-state index contributed by atoms with van der Waals surface area (Å²) in [5.41, 5.74) is 0.712. The van der Waals surface area contributed by atoms with Gasteiger partial charge < -0.3 is 5.11 Å². The molecule has 0 saturated heterocycles. The number of hydrogen-bond donors (Lipinski definition) is 2. The maximum absolute atomic E-state index is 10.2. The molecule has 0 atom stereocenters. The molecule has 0 aliphatic rings. The lowest BCUT2D eigenvalue weighted by Crippen LogP contribution is -2.03. The number of aliphatic carboxylic acids is 1. The van der Waals surface area contributed by atoms with Crippen LogP contribution in [-0.2, 0) is 9.68 Å². The number of carboxylic acid groups (broad SMARTS) is 1. The highest BCUT2D eigenvalue weighted by atomic mass is 17.1. The van der Waals surface area contributed by atoms with Crippen molar-refractivity contribution in [2.45, 2.75) is 13.8 Å². The first kappa shape index (κ1) is 9.13. The minimum absolute atomic E-state index is 0.0574. The Morgan fingerprint density at radius 2 is 2.00 bits per heavy atom. The van der Waals surface area contributed by atoms with Gasteiger partial charge in [-0.15, -0.1) is 0 Å². The molecular weight excluding hydrogens is 136 g/mol. The lowest BCUT2D eigenvalue weighted by atomic mass is 10.2. The fourth-order valence-electron chi connectivity index (χ4n) is 0.388. The van der Waals surface area contributed by atoms with Crippen LogP contribution < -0.4 is 0 Å². The molecule has 0 rings (SSSR count). The maximum Gasteiger partial charge on any atom is 0.331 e. The molecule has 0 aromatic rings. The third-order valence-electron chi connectivity index (χ3n) is 1.24. The molecule has 2 N–H and O–H groups in total. The van der Waals surface area contributed by atoms with Crippen LogP contribution in [0.4, 0.5) is 0 Å². The summed E-state index contributed by atoms with van der Waals surface area (Å²) in [5, 5.41) is 16.3. The van der Waals surface area contributed by atoms with Gasteiger partial charge in [0.1, 0.15) is 6.61 Å². The van der Waals surface area contributed by atoms with Gasteiger partial charge in [-0.2, -0.15) is 0 Å². The van der Waals surface area contributed by atoms with Gasteiger partial charge in [-0.1, -0.05) is 0 Å². The van der Waals surface area contributed by atoms with Crippen LogP contribution in [-0.4, -0.2) is 22.9 Å². The SMILES string of the molecule is C/C(COO)=C(\C)C(=O)O. The van der Waals surface area contributed by atoms with Crippen molar-refractivity contribution in [1.82, 2.24) is 0 Å². The predicted molar refractivity (Wildman–Crippen MR) is 34.6 cm³/mol. The van der Waals surface area contributed by atoms with Crippen molar-refractivity contribution < 1.29 is 20.0 Å². The number of rotatable bonds is 3. The highest BCUT2D eigenvalue weighted by Crippen LogP contribution is 2.02. The summed E-state index contributed by atoms with van der Waals surface area (Å²) in [7, 11) is 0. The van der Waals surface area contributed by atoms with E-state index in [4.69, 9.17) is 10.4 Å². The van der Waals surface area contributed by atoms with E-state index >= 15 is 0 Å². The van der Waals surface area contributed by atoms with E-state index in [0.29, 0.717) is 5.57 Å². The first-order chi connectivity index (χ1) is 4.59. The molecule has 0 amide bonds. The summed E-state index contributed by atoms with van der Waals surface area (Å²) in [4.78, 5) is 14.0. The minimum Gasteiger partial charge on any atom is -0.478 e. The quantitative estimate of drug-likeness (QED) is 0.352. The van der Waals surface area contributed by atoms with E-state index in [0.717, 1.165) is 0 Å². The Balaban J connectivity index is 4.19. The Kier molecular flexibility index (Phi) is 3.68. The summed E-state index contributed by atoms with van der Waals surface area (Å²) >= 11 is 0. The number of carboxylic acids is 1. The maximum atomic E-state index is 10.2. The Bertz CT molecular complexity index is 159.